The van der Waals surface area contributed by atoms with Crippen LogP contribution in [0.2, 0.25) is 0 Å². The van der Waals surface area contributed by atoms with Gasteiger partial charge in [0.1, 0.15) is 5.65 Å². The van der Waals surface area contributed by atoms with Crippen molar-refractivity contribution in [2.75, 3.05) is 7.11 Å². The molecule has 2 aromatic rings. The van der Waals surface area contributed by atoms with Gasteiger partial charge in [-0.25, -0.2) is 4.98 Å². The lowest BCUT2D eigenvalue weighted by molar-refractivity contribution is -0.119. The first-order valence-corrected chi connectivity index (χ1v) is 5.41. The Morgan fingerprint density at radius 3 is 3.00 bits per heavy atom. The Morgan fingerprint density at radius 1 is 1.56 bits per heavy atom. The molecule has 0 aliphatic heterocycles. The van der Waals surface area contributed by atoms with Gasteiger partial charge in [0.15, 0.2) is 5.43 Å². The summed E-state index contributed by atoms with van der Waals surface area (Å²) in [6, 6.07) is 3.37. The van der Waals surface area contributed by atoms with Crippen LogP contribution in [-0.4, -0.2) is 23.0 Å². The second-order valence-corrected chi connectivity index (χ2v) is 3.78. The maximum Gasteiger partial charge on any atom is 0.217 e. The number of fused-ring (bicyclic) bond motifs is 1. The van der Waals surface area contributed by atoms with Gasteiger partial charge >= 0.3 is 0 Å². The number of carbonyl (C=O) groups excluding carboxylic acids is 1. The van der Waals surface area contributed by atoms with E-state index in [-0.39, 0.29) is 17.9 Å². The summed E-state index contributed by atoms with van der Waals surface area (Å²) in [5.41, 5.74) is 0.654. The molecular formula is C12H13N3O3. The molecule has 2 N–H and O–H groups in total. The zero-order chi connectivity index (χ0) is 13.1. The van der Waals surface area contributed by atoms with Crippen LogP contribution in [0.1, 0.15) is 12.5 Å². The number of pyridine rings is 2. The van der Waals surface area contributed by atoms with Crippen LogP contribution < -0.4 is 15.5 Å². The van der Waals surface area contributed by atoms with Crippen LogP contribution in [0.4, 0.5) is 0 Å². The second kappa shape index (κ2) is 4.87. The number of amides is 1. The van der Waals surface area contributed by atoms with E-state index in [4.69, 9.17) is 4.74 Å². The highest BCUT2D eigenvalue weighted by Gasteiger charge is 2.13. The van der Waals surface area contributed by atoms with Gasteiger partial charge in [0.25, 0.3) is 0 Å². The number of rotatable bonds is 3. The van der Waals surface area contributed by atoms with Crippen molar-refractivity contribution >= 4 is 16.9 Å². The average Bonchev–Trinajstić information content (AvgIpc) is 2.37. The van der Waals surface area contributed by atoms with Crippen molar-refractivity contribution in [3.05, 3.63) is 34.1 Å². The van der Waals surface area contributed by atoms with Crippen molar-refractivity contribution in [1.82, 2.24) is 15.3 Å². The van der Waals surface area contributed by atoms with Crippen LogP contribution in [-0.2, 0) is 11.3 Å². The van der Waals surface area contributed by atoms with E-state index in [0.717, 1.165) is 0 Å². The minimum Gasteiger partial charge on any atom is -0.482 e. The van der Waals surface area contributed by atoms with Crippen LogP contribution in [0.5, 0.6) is 5.88 Å². The molecule has 0 fully saturated rings. The van der Waals surface area contributed by atoms with Crippen molar-refractivity contribution in [2.45, 2.75) is 13.5 Å². The fourth-order valence-electron chi connectivity index (χ4n) is 1.68. The van der Waals surface area contributed by atoms with Crippen molar-refractivity contribution < 1.29 is 9.53 Å². The van der Waals surface area contributed by atoms with Gasteiger partial charge in [-0.1, -0.05) is 0 Å². The molecule has 6 nitrogen and oxygen atoms in total. The molecule has 2 heterocycles. The van der Waals surface area contributed by atoms with E-state index in [1.165, 1.54) is 14.0 Å². The Bertz CT molecular complexity index is 649. The van der Waals surface area contributed by atoms with Gasteiger partial charge in [-0.15, -0.1) is 0 Å². The highest BCUT2D eigenvalue weighted by Crippen LogP contribution is 2.15. The maximum atomic E-state index is 12.2. The van der Waals surface area contributed by atoms with Crippen LogP contribution >= 0.6 is 0 Å². The van der Waals surface area contributed by atoms with Gasteiger partial charge < -0.3 is 15.0 Å². The fraction of sp³-hybridized carbons (Fsp3) is 0.250. The van der Waals surface area contributed by atoms with Crippen molar-refractivity contribution in [3.8, 4) is 5.88 Å². The highest BCUT2D eigenvalue weighted by atomic mass is 16.5. The summed E-state index contributed by atoms with van der Waals surface area (Å²) in [5, 5.41) is 3.05. The van der Waals surface area contributed by atoms with E-state index in [2.05, 4.69) is 15.3 Å². The summed E-state index contributed by atoms with van der Waals surface area (Å²) in [4.78, 5) is 30.1. The lowest BCUT2D eigenvalue weighted by Crippen LogP contribution is -2.24. The molecule has 0 unspecified atom stereocenters. The van der Waals surface area contributed by atoms with E-state index in [1.807, 2.05) is 0 Å². The molecule has 0 bridgehead atoms. The number of ether oxygens (including phenoxy) is 1. The minimum absolute atomic E-state index is 0.124. The Hall–Kier alpha value is -2.37. The summed E-state index contributed by atoms with van der Waals surface area (Å²) in [7, 11) is 1.46. The molecule has 0 aliphatic carbocycles. The number of methoxy groups -OCH3 is 1. The molecule has 94 valence electrons. The lowest BCUT2D eigenvalue weighted by atomic mass is 10.2. The van der Waals surface area contributed by atoms with Crippen molar-refractivity contribution in [3.63, 3.8) is 0 Å². The number of carbonyl (C=O) groups is 1. The summed E-state index contributed by atoms with van der Waals surface area (Å²) in [6.07, 6.45) is 1.59. The predicted octanol–water partition coefficient (Wildman–Crippen LogP) is 0.568. The van der Waals surface area contributed by atoms with Crippen molar-refractivity contribution in [1.29, 1.82) is 0 Å². The quantitative estimate of drug-likeness (QED) is 0.830. The van der Waals surface area contributed by atoms with Crippen LogP contribution in [0.15, 0.2) is 23.1 Å². The van der Waals surface area contributed by atoms with E-state index < -0.39 is 0 Å². The molecule has 0 atom stereocenters. The van der Waals surface area contributed by atoms with Gasteiger partial charge in [-0.3, -0.25) is 9.59 Å². The monoisotopic (exact) mass is 247 g/mol. The number of aromatic nitrogens is 2. The predicted molar refractivity (Wildman–Crippen MR) is 66.4 cm³/mol. The van der Waals surface area contributed by atoms with E-state index in [0.29, 0.717) is 22.5 Å². The standard InChI is InChI=1S/C12H13N3O3/c1-7(16)14-6-9-10(17)8-4-3-5-13-11(8)15-12(9)18-2/h3-5H,6H2,1-2H3,(H,14,16)(H,13,15,17). The molecular weight excluding hydrogens is 234 g/mol. The summed E-state index contributed by atoms with van der Waals surface area (Å²) >= 11 is 0. The Balaban J connectivity index is 2.59. The first-order valence-electron chi connectivity index (χ1n) is 5.41. The average molecular weight is 247 g/mol. The van der Waals surface area contributed by atoms with Gasteiger partial charge in [0, 0.05) is 13.1 Å². The van der Waals surface area contributed by atoms with Crippen molar-refractivity contribution in [2.24, 2.45) is 0 Å². The molecule has 0 saturated carbocycles. The van der Waals surface area contributed by atoms with E-state index in [9.17, 15) is 9.59 Å². The first-order chi connectivity index (χ1) is 8.63. The number of hydrogen-bond acceptors (Lipinski definition) is 4. The molecule has 1 amide bonds. The Kier molecular flexibility index (Phi) is 3.27. The normalized spacial score (nSPS) is 10.3. The van der Waals surface area contributed by atoms with Gasteiger partial charge in [0.2, 0.25) is 11.8 Å². The zero-order valence-corrected chi connectivity index (χ0v) is 10.1. The third-order valence-corrected chi connectivity index (χ3v) is 2.55. The molecule has 0 spiro atoms. The third kappa shape index (κ3) is 2.17. The maximum absolute atomic E-state index is 12.2. The highest BCUT2D eigenvalue weighted by molar-refractivity contribution is 5.76. The largest absolute Gasteiger partial charge is 0.482 e. The summed E-state index contributed by atoms with van der Waals surface area (Å²) < 4.78 is 5.12. The zero-order valence-electron chi connectivity index (χ0n) is 10.1. The van der Waals surface area contributed by atoms with Crippen LogP contribution in [0, 0.1) is 0 Å². The second-order valence-electron chi connectivity index (χ2n) is 3.78. The molecule has 0 saturated heterocycles. The van der Waals surface area contributed by atoms with Crippen LogP contribution in [0.25, 0.3) is 11.0 Å². The van der Waals surface area contributed by atoms with Gasteiger partial charge in [0.05, 0.1) is 24.6 Å². The summed E-state index contributed by atoms with van der Waals surface area (Å²) in [6.45, 7) is 1.52. The fourth-order valence-corrected chi connectivity index (χ4v) is 1.68. The van der Waals surface area contributed by atoms with E-state index in [1.54, 1.807) is 18.3 Å². The van der Waals surface area contributed by atoms with E-state index >= 15 is 0 Å². The molecule has 2 aromatic heterocycles. The molecule has 0 aliphatic rings. The SMILES string of the molecule is COc1[nH]c2ncccc2c(=O)c1CNC(C)=O. The first kappa shape index (κ1) is 12.1. The Morgan fingerprint density at radius 2 is 2.33 bits per heavy atom. The number of hydrogen-bond donors (Lipinski definition) is 2. The molecule has 0 radical (unpaired) electrons. The van der Waals surface area contributed by atoms with Crippen LogP contribution in [0.3, 0.4) is 0 Å². The molecule has 2 rings (SSSR count). The number of H-pyrrole nitrogens is 1. The van der Waals surface area contributed by atoms with Gasteiger partial charge in [-0.2, -0.15) is 0 Å². The smallest absolute Gasteiger partial charge is 0.217 e. The Labute approximate surface area is 103 Å². The molecule has 18 heavy (non-hydrogen) atoms. The lowest BCUT2D eigenvalue weighted by Gasteiger charge is -2.09. The third-order valence-electron chi connectivity index (χ3n) is 2.55. The topological polar surface area (TPSA) is 84.1 Å². The minimum atomic E-state index is -0.206. The number of nitrogens with one attached hydrogen (secondary N) is 2. The molecule has 0 aromatic carbocycles. The molecule has 6 heteroatoms. The number of aromatic amines is 1. The summed E-state index contributed by atoms with van der Waals surface area (Å²) in [5.74, 6) is 0.114. The number of nitrogens with zero attached hydrogens (tertiary/aromatic N) is 1. The van der Waals surface area contributed by atoms with Gasteiger partial charge in [-0.05, 0) is 12.1 Å².